The summed E-state index contributed by atoms with van der Waals surface area (Å²) in [5.41, 5.74) is 2.70. The fraction of sp³-hybridized carbons (Fsp3) is 0.182. The van der Waals surface area contributed by atoms with Gasteiger partial charge in [0.15, 0.2) is 12.3 Å². The normalized spacial score (nSPS) is 11.9. The van der Waals surface area contributed by atoms with Gasteiger partial charge >= 0.3 is 5.97 Å². The first-order valence-corrected chi connectivity index (χ1v) is 10.2. The second-order valence-corrected chi connectivity index (χ2v) is 7.79. The summed E-state index contributed by atoms with van der Waals surface area (Å²) in [5, 5.41) is 9.97. The van der Waals surface area contributed by atoms with Crippen LogP contribution in [0.5, 0.6) is 0 Å². The number of esters is 1. The molecule has 152 valence electrons. The van der Waals surface area contributed by atoms with Crippen LogP contribution in [0.25, 0.3) is 11.0 Å². The zero-order valence-electron chi connectivity index (χ0n) is 16.5. The molecule has 30 heavy (non-hydrogen) atoms. The number of aromatic nitrogens is 3. The summed E-state index contributed by atoms with van der Waals surface area (Å²) in [6, 6.07) is 15.0. The Morgan fingerprint density at radius 1 is 1.20 bits per heavy atom. The van der Waals surface area contributed by atoms with Crippen molar-refractivity contribution >= 4 is 34.2 Å². The number of amides is 1. The van der Waals surface area contributed by atoms with Gasteiger partial charge in [-0.1, -0.05) is 36.4 Å². The lowest BCUT2D eigenvalue weighted by Crippen LogP contribution is -2.32. The van der Waals surface area contributed by atoms with E-state index in [1.54, 1.807) is 29.1 Å². The Balaban J connectivity index is 1.43. The molecule has 4 aromatic rings. The Hall–Kier alpha value is -3.52. The molecule has 0 aliphatic rings. The third-order valence-electron chi connectivity index (χ3n) is 4.70. The van der Waals surface area contributed by atoms with Crippen LogP contribution in [0, 0.1) is 6.92 Å². The van der Waals surface area contributed by atoms with Crippen LogP contribution in [-0.2, 0) is 16.6 Å². The number of fused-ring (bicyclic) bond motifs is 1. The van der Waals surface area contributed by atoms with Crippen molar-refractivity contribution in [2.24, 2.45) is 7.05 Å². The van der Waals surface area contributed by atoms with E-state index in [9.17, 15) is 9.59 Å². The Morgan fingerprint density at radius 3 is 2.73 bits per heavy atom. The second kappa shape index (κ2) is 8.46. The van der Waals surface area contributed by atoms with Crippen LogP contribution in [0.15, 0.2) is 60.1 Å². The fourth-order valence-corrected chi connectivity index (χ4v) is 4.06. The number of carbonyl (C=O) groups is 2. The number of hydrogen-bond acceptors (Lipinski definition) is 6. The van der Waals surface area contributed by atoms with E-state index in [1.165, 1.54) is 6.20 Å². The van der Waals surface area contributed by atoms with E-state index in [0.29, 0.717) is 5.65 Å². The van der Waals surface area contributed by atoms with Crippen LogP contribution in [0.4, 0.5) is 0 Å². The van der Waals surface area contributed by atoms with Gasteiger partial charge in [0, 0.05) is 23.5 Å². The quantitative estimate of drug-likeness (QED) is 0.483. The zero-order chi connectivity index (χ0) is 21.1. The van der Waals surface area contributed by atoms with E-state index in [-0.39, 0.29) is 24.1 Å². The van der Waals surface area contributed by atoms with Crippen LogP contribution >= 0.6 is 11.3 Å². The minimum Gasteiger partial charge on any atom is -0.452 e. The summed E-state index contributed by atoms with van der Waals surface area (Å²) in [7, 11) is 1.79. The maximum absolute atomic E-state index is 12.5. The topological polar surface area (TPSA) is 86.1 Å². The van der Waals surface area contributed by atoms with Crippen molar-refractivity contribution in [2.75, 3.05) is 6.61 Å². The molecule has 0 radical (unpaired) electrons. The number of rotatable bonds is 6. The van der Waals surface area contributed by atoms with Gasteiger partial charge in [0.05, 0.1) is 17.3 Å². The lowest BCUT2D eigenvalue weighted by atomic mass is 10.1. The van der Waals surface area contributed by atoms with Crippen molar-refractivity contribution in [1.82, 2.24) is 20.1 Å². The first-order valence-electron chi connectivity index (χ1n) is 9.37. The number of nitrogens with one attached hydrogen (secondary N) is 1. The summed E-state index contributed by atoms with van der Waals surface area (Å²) < 4.78 is 6.88. The summed E-state index contributed by atoms with van der Waals surface area (Å²) in [4.78, 5) is 30.2. The van der Waals surface area contributed by atoms with Crippen LogP contribution in [0.1, 0.15) is 32.5 Å². The molecule has 0 saturated heterocycles. The largest absolute Gasteiger partial charge is 0.452 e. The van der Waals surface area contributed by atoms with Crippen molar-refractivity contribution in [2.45, 2.75) is 13.0 Å². The van der Waals surface area contributed by atoms with Crippen LogP contribution < -0.4 is 5.32 Å². The monoisotopic (exact) mass is 420 g/mol. The predicted octanol–water partition coefficient (Wildman–Crippen LogP) is 3.40. The summed E-state index contributed by atoms with van der Waals surface area (Å²) in [5.74, 6) is -0.979. The molecule has 1 aromatic carbocycles. The lowest BCUT2D eigenvalue weighted by Gasteiger charge is -2.18. The van der Waals surface area contributed by atoms with Gasteiger partial charge in [0.1, 0.15) is 0 Å². The molecule has 0 bridgehead atoms. The van der Waals surface area contributed by atoms with Gasteiger partial charge in [-0.25, -0.2) is 9.78 Å². The first kappa shape index (κ1) is 19.8. The fourth-order valence-electron chi connectivity index (χ4n) is 3.26. The van der Waals surface area contributed by atoms with Crippen LogP contribution in [-0.4, -0.2) is 33.2 Å². The van der Waals surface area contributed by atoms with Crippen molar-refractivity contribution < 1.29 is 14.3 Å². The van der Waals surface area contributed by atoms with E-state index < -0.39 is 5.97 Å². The summed E-state index contributed by atoms with van der Waals surface area (Å²) >= 11 is 1.55. The highest BCUT2D eigenvalue weighted by Crippen LogP contribution is 2.25. The van der Waals surface area contributed by atoms with Crippen LogP contribution in [0.3, 0.4) is 0 Å². The van der Waals surface area contributed by atoms with E-state index in [2.05, 4.69) is 15.4 Å². The van der Waals surface area contributed by atoms with E-state index in [0.717, 1.165) is 21.5 Å². The minimum atomic E-state index is -0.602. The third kappa shape index (κ3) is 4.08. The molecule has 3 heterocycles. The molecule has 0 spiro atoms. The number of carbonyl (C=O) groups excluding carboxylic acids is 2. The van der Waals surface area contributed by atoms with Crippen molar-refractivity contribution in [3.05, 3.63) is 81.8 Å². The van der Waals surface area contributed by atoms with Gasteiger partial charge in [0.25, 0.3) is 5.91 Å². The molecule has 1 atom stereocenters. The smallest absolute Gasteiger partial charge is 0.340 e. The maximum Gasteiger partial charge on any atom is 0.340 e. The Bertz CT molecular complexity index is 1190. The molecule has 0 aliphatic heterocycles. The molecular weight excluding hydrogens is 400 g/mol. The average molecular weight is 420 g/mol. The molecule has 3 aromatic heterocycles. The van der Waals surface area contributed by atoms with Crippen molar-refractivity contribution in [1.29, 1.82) is 0 Å². The van der Waals surface area contributed by atoms with Crippen LogP contribution in [0.2, 0.25) is 0 Å². The molecule has 1 N–H and O–H groups in total. The highest BCUT2D eigenvalue weighted by Gasteiger charge is 2.19. The van der Waals surface area contributed by atoms with Gasteiger partial charge in [-0.3, -0.25) is 9.48 Å². The molecule has 1 amide bonds. The zero-order valence-corrected chi connectivity index (χ0v) is 17.3. The Morgan fingerprint density at radius 2 is 2.00 bits per heavy atom. The molecule has 8 heteroatoms. The first-order chi connectivity index (χ1) is 14.5. The molecule has 0 aliphatic carbocycles. The summed E-state index contributed by atoms with van der Waals surface area (Å²) in [6.45, 7) is 1.47. The molecule has 4 rings (SSSR count). The number of benzene rings is 1. The Kier molecular flexibility index (Phi) is 5.58. The predicted molar refractivity (Wildman–Crippen MR) is 114 cm³/mol. The molecule has 0 fully saturated rings. The molecule has 1 unspecified atom stereocenters. The number of hydrogen-bond donors (Lipinski definition) is 1. The molecular formula is C22H20N4O3S. The van der Waals surface area contributed by atoms with E-state index in [1.807, 2.05) is 54.8 Å². The summed E-state index contributed by atoms with van der Waals surface area (Å²) in [6.07, 6.45) is 1.43. The van der Waals surface area contributed by atoms with Gasteiger partial charge in [-0.15, -0.1) is 11.3 Å². The van der Waals surface area contributed by atoms with Gasteiger partial charge in [-0.05, 0) is 30.0 Å². The number of thiophene rings is 1. The second-order valence-electron chi connectivity index (χ2n) is 6.81. The maximum atomic E-state index is 12.5. The van der Waals surface area contributed by atoms with E-state index >= 15 is 0 Å². The minimum absolute atomic E-state index is 0.282. The molecule has 0 saturated carbocycles. The number of aryl methyl sites for hydroxylation is 2. The van der Waals surface area contributed by atoms with Gasteiger partial charge < -0.3 is 10.1 Å². The highest BCUT2D eigenvalue weighted by molar-refractivity contribution is 7.10. The standard InChI is InChI=1S/C22H20N4O3S/c1-14-17-11-16(12-23-21(17)26(2)25-14)22(28)29-13-19(27)24-20(18-9-6-10-30-18)15-7-4-3-5-8-15/h3-12,20H,13H2,1-2H3,(H,24,27). The van der Waals surface area contributed by atoms with Crippen molar-refractivity contribution in [3.63, 3.8) is 0 Å². The third-order valence-corrected chi connectivity index (χ3v) is 5.64. The average Bonchev–Trinajstić information content (AvgIpc) is 3.39. The van der Waals surface area contributed by atoms with Crippen molar-refractivity contribution in [3.8, 4) is 0 Å². The number of ether oxygens (including phenoxy) is 1. The highest BCUT2D eigenvalue weighted by atomic mass is 32.1. The lowest BCUT2D eigenvalue weighted by molar-refractivity contribution is -0.124. The number of nitrogens with zero attached hydrogens (tertiary/aromatic N) is 3. The SMILES string of the molecule is Cc1nn(C)c2ncc(C(=O)OCC(=O)NC(c3ccccc3)c3cccs3)cc12. The van der Waals surface area contributed by atoms with E-state index in [4.69, 9.17) is 4.74 Å². The number of pyridine rings is 1. The van der Waals surface area contributed by atoms with Gasteiger partial charge in [0.2, 0.25) is 0 Å². The van der Waals surface area contributed by atoms with Gasteiger partial charge in [-0.2, -0.15) is 5.10 Å². The molecule has 7 nitrogen and oxygen atoms in total. The Labute approximate surface area is 177 Å².